The lowest BCUT2D eigenvalue weighted by Gasteiger charge is -2.42. The van der Waals surface area contributed by atoms with Crippen molar-refractivity contribution in [3.05, 3.63) is 35.4 Å². The van der Waals surface area contributed by atoms with E-state index in [0.29, 0.717) is 11.6 Å². The van der Waals surface area contributed by atoms with Crippen molar-refractivity contribution < 1.29 is 18.0 Å². The van der Waals surface area contributed by atoms with Gasteiger partial charge in [0.25, 0.3) is 5.91 Å². The number of alkyl halides is 3. The second-order valence-corrected chi connectivity index (χ2v) is 7.15. The predicted octanol–water partition coefficient (Wildman–Crippen LogP) is 4.18. The van der Waals surface area contributed by atoms with Crippen molar-refractivity contribution in [2.75, 3.05) is 20.1 Å². The summed E-state index contributed by atoms with van der Waals surface area (Å²) in [5, 5.41) is 0. The highest BCUT2D eigenvalue weighted by Crippen LogP contribution is 2.31. The van der Waals surface area contributed by atoms with Gasteiger partial charge in [-0.15, -0.1) is 0 Å². The van der Waals surface area contributed by atoms with Gasteiger partial charge in [-0.3, -0.25) is 9.69 Å². The SMILES string of the molecule is CN(C(=O)c1ccc(C(F)(F)F)cc1)[C@@H]1CCCC[C@H]1N1CCCC1. The number of likely N-dealkylation sites (N-methyl/N-ethyl adjacent to an activating group) is 1. The number of benzene rings is 1. The van der Waals surface area contributed by atoms with Gasteiger partial charge in [0.1, 0.15) is 0 Å². The minimum absolute atomic E-state index is 0.140. The van der Waals surface area contributed by atoms with Crippen LogP contribution in [0.1, 0.15) is 54.4 Å². The molecule has 0 aromatic heterocycles. The first kappa shape index (κ1) is 18.2. The Morgan fingerprint density at radius 3 is 2.24 bits per heavy atom. The van der Waals surface area contributed by atoms with Gasteiger partial charge in [-0.1, -0.05) is 12.8 Å². The Bertz CT molecular complexity index is 594. The standard InChI is InChI=1S/C19H25F3N2O/c1-23(16-6-2-3-7-17(16)24-12-4-5-13-24)18(25)14-8-10-15(11-9-14)19(20,21)22/h8-11,16-17H,2-7,12-13H2,1H3/t16-,17-/m1/s1. The van der Waals surface area contributed by atoms with Gasteiger partial charge in [-0.2, -0.15) is 13.2 Å². The largest absolute Gasteiger partial charge is 0.416 e. The summed E-state index contributed by atoms with van der Waals surface area (Å²) in [6.45, 7) is 2.17. The summed E-state index contributed by atoms with van der Waals surface area (Å²) in [6.07, 6.45) is 2.37. The van der Waals surface area contributed by atoms with Crippen LogP contribution in [0.2, 0.25) is 0 Å². The van der Waals surface area contributed by atoms with Crippen molar-refractivity contribution in [3.8, 4) is 0 Å². The first-order valence-electron chi connectivity index (χ1n) is 9.06. The minimum atomic E-state index is -4.38. The molecule has 25 heavy (non-hydrogen) atoms. The van der Waals surface area contributed by atoms with Gasteiger partial charge in [0.2, 0.25) is 0 Å². The Balaban J connectivity index is 1.73. The van der Waals surface area contributed by atoms with Crippen molar-refractivity contribution in [2.24, 2.45) is 0 Å². The molecule has 1 amide bonds. The molecular formula is C19H25F3N2O. The zero-order valence-corrected chi connectivity index (χ0v) is 14.6. The molecular weight excluding hydrogens is 329 g/mol. The monoisotopic (exact) mass is 354 g/mol. The molecule has 0 spiro atoms. The smallest absolute Gasteiger partial charge is 0.337 e. The average Bonchev–Trinajstić information content (AvgIpc) is 3.14. The maximum Gasteiger partial charge on any atom is 0.416 e. The van der Waals surface area contributed by atoms with E-state index in [9.17, 15) is 18.0 Å². The van der Waals surface area contributed by atoms with Crippen LogP contribution in [-0.2, 0) is 6.18 Å². The van der Waals surface area contributed by atoms with E-state index in [1.807, 2.05) is 0 Å². The van der Waals surface area contributed by atoms with Crippen LogP contribution in [0.15, 0.2) is 24.3 Å². The molecule has 1 aromatic rings. The van der Waals surface area contributed by atoms with Crippen LogP contribution >= 0.6 is 0 Å². The van der Waals surface area contributed by atoms with Crippen LogP contribution in [-0.4, -0.2) is 47.9 Å². The highest BCUT2D eigenvalue weighted by Gasteiger charge is 2.36. The third-order valence-corrected chi connectivity index (χ3v) is 5.58. The molecule has 3 nitrogen and oxygen atoms in total. The van der Waals surface area contributed by atoms with Crippen LogP contribution < -0.4 is 0 Å². The average molecular weight is 354 g/mol. The number of carbonyl (C=O) groups excluding carboxylic acids is 1. The first-order valence-corrected chi connectivity index (χ1v) is 9.06. The van der Waals surface area contributed by atoms with Crippen LogP contribution in [0.5, 0.6) is 0 Å². The summed E-state index contributed by atoms with van der Waals surface area (Å²) < 4.78 is 38.1. The Kier molecular flexibility index (Phi) is 5.37. The van der Waals surface area contributed by atoms with E-state index < -0.39 is 11.7 Å². The molecule has 1 aliphatic carbocycles. The maximum atomic E-state index is 12.8. The highest BCUT2D eigenvalue weighted by molar-refractivity contribution is 5.94. The third kappa shape index (κ3) is 4.00. The number of rotatable bonds is 3. The fraction of sp³-hybridized carbons (Fsp3) is 0.632. The third-order valence-electron chi connectivity index (χ3n) is 5.58. The van der Waals surface area contributed by atoms with Crippen LogP contribution in [0.3, 0.4) is 0 Å². The van der Waals surface area contributed by atoms with Crippen LogP contribution in [0.4, 0.5) is 13.2 Å². The van der Waals surface area contributed by atoms with Crippen molar-refractivity contribution in [1.82, 2.24) is 9.80 Å². The number of carbonyl (C=O) groups is 1. The Labute approximate surface area is 146 Å². The second kappa shape index (κ2) is 7.36. The molecule has 2 atom stereocenters. The summed E-state index contributed by atoms with van der Waals surface area (Å²) in [4.78, 5) is 17.0. The summed E-state index contributed by atoms with van der Waals surface area (Å²) >= 11 is 0. The summed E-state index contributed by atoms with van der Waals surface area (Å²) in [5.41, 5.74) is -0.402. The predicted molar refractivity (Wildman–Crippen MR) is 90.4 cm³/mol. The molecule has 0 unspecified atom stereocenters. The molecule has 1 saturated carbocycles. The Morgan fingerprint density at radius 1 is 1.04 bits per heavy atom. The van der Waals surface area contributed by atoms with E-state index in [1.165, 1.54) is 31.4 Å². The van der Waals surface area contributed by atoms with Crippen molar-refractivity contribution in [2.45, 2.75) is 56.8 Å². The highest BCUT2D eigenvalue weighted by atomic mass is 19.4. The van der Waals surface area contributed by atoms with Crippen molar-refractivity contribution in [3.63, 3.8) is 0 Å². The quantitative estimate of drug-likeness (QED) is 0.813. The molecule has 0 radical (unpaired) electrons. The van der Waals surface area contributed by atoms with Gasteiger partial charge in [-0.25, -0.2) is 0 Å². The van der Waals surface area contributed by atoms with E-state index in [2.05, 4.69) is 4.90 Å². The number of halogens is 3. The van der Waals surface area contributed by atoms with Gasteiger partial charge in [-0.05, 0) is 63.0 Å². The zero-order valence-electron chi connectivity index (χ0n) is 14.6. The minimum Gasteiger partial charge on any atom is -0.337 e. The molecule has 0 N–H and O–H groups in total. The molecule has 2 aliphatic rings. The maximum absolute atomic E-state index is 12.8. The van der Waals surface area contributed by atoms with Crippen LogP contribution in [0.25, 0.3) is 0 Å². The van der Waals surface area contributed by atoms with Gasteiger partial charge >= 0.3 is 6.18 Å². The van der Waals surface area contributed by atoms with Gasteiger partial charge in [0.05, 0.1) is 5.56 Å². The lowest BCUT2D eigenvalue weighted by Crippen LogP contribution is -2.53. The van der Waals surface area contributed by atoms with Crippen LogP contribution in [0, 0.1) is 0 Å². The van der Waals surface area contributed by atoms with Gasteiger partial charge in [0.15, 0.2) is 0 Å². The fourth-order valence-corrected chi connectivity index (χ4v) is 4.20. The van der Waals surface area contributed by atoms with E-state index in [1.54, 1.807) is 11.9 Å². The van der Waals surface area contributed by atoms with Crippen molar-refractivity contribution in [1.29, 1.82) is 0 Å². The summed E-state index contributed by atoms with van der Waals surface area (Å²) in [7, 11) is 1.79. The fourth-order valence-electron chi connectivity index (χ4n) is 4.20. The molecule has 0 bridgehead atoms. The number of hydrogen-bond donors (Lipinski definition) is 0. The van der Waals surface area contributed by atoms with E-state index >= 15 is 0 Å². The molecule has 3 rings (SSSR count). The van der Waals surface area contributed by atoms with E-state index in [-0.39, 0.29) is 11.9 Å². The Morgan fingerprint density at radius 2 is 1.64 bits per heavy atom. The zero-order chi connectivity index (χ0) is 18.0. The van der Waals surface area contributed by atoms with Crippen molar-refractivity contribution >= 4 is 5.91 Å². The number of amides is 1. The molecule has 1 aromatic carbocycles. The van der Waals surface area contributed by atoms with E-state index in [0.717, 1.165) is 44.5 Å². The molecule has 1 aliphatic heterocycles. The molecule has 138 valence electrons. The number of likely N-dealkylation sites (tertiary alicyclic amines) is 1. The van der Waals surface area contributed by atoms with Gasteiger partial charge in [0, 0.05) is 24.7 Å². The molecule has 2 fully saturated rings. The molecule has 6 heteroatoms. The second-order valence-electron chi connectivity index (χ2n) is 7.15. The lowest BCUT2D eigenvalue weighted by atomic mass is 9.88. The first-order chi connectivity index (χ1) is 11.9. The normalized spacial score (nSPS) is 25.1. The molecule has 1 saturated heterocycles. The topological polar surface area (TPSA) is 23.6 Å². The molecule has 1 heterocycles. The van der Waals surface area contributed by atoms with Gasteiger partial charge < -0.3 is 4.90 Å². The lowest BCUT2D eigenvalue weighted by molar-refractivity contribution is -0.137. The number of nitrogens with zero attached hydrogens (tertiary/aromatic N) is 2. The Hall–Kier alpha value is -1.56. The van der Waals surface area contributed by atoms with E-state index in [4.69, 9.17) is 0 Å². The number of hydrogen-bond acceptors (Lipinski definition) is 2. The summed E-state index contributed by atoms with van der Waals surface area (Å²) in [5.74, 6) is -0.190. The summed E-state index contributed by atoms with van der Waals surface area (Å²) in [6, 6.07) is 5.06.